The highest BCUT2D eigenvalue weighted by Gasteiger charge is 2.40. The highest BCUT2D eigenvalue weighted by molar-refractivity contribution is 7.54. The lowest BCUT2D eigenvalue weighted by Gasteiger charge is -2.31. The molecule has 10 heteroatoms. The molecule has 0 heterocycles. The first kappa shape index (κ1) is 27.6. The Morgan fingerprint density at radius 1 is 1.00 bits per heavy atom. The van der Waals surface area contributed by atoms with Crippen LogP contribution in [-0.2, 0) is 13.6 Å². The number of methoxy groups -OCH3 is 1. The average molecular weight is 494 g/mol. The number of nitro benzene ring substituents is 1. The van der Waals surface area contributed by atoms with E-state index in [9.17, 15) is 14.7 Å². The van der Waals surface area contributed by atoms with Gasteiger partial charge in [-0.1, -0.05) is 12.1 Å². The molecule has 2 aromatic carbocycles. The Morgan fingerprint density at radius 3 is 2.00 bits per heavy atom. The number of rotatable bonds is 13. The van der Waals surface area contributed by atoms with E-state index in [2.05, 4.69) is 24.1 Å². The zero-order valence-electron chi connectivity index (χ0n) is 21.0. The zero-order valence-corrected chi connectivity index (χ0v) is 21.9. The van der Waals surface area contributed by atoms with Crippen molar-refractivity contribution in [3.05, 3.63) is 58.1 Å². The van der Waals surface area contributed by atoms with Crippen molar-refractivity contribution >= 4 is 24.7 Å². The van der Waals surface area contributed by atoms with Gasteiger partial charge in [0.2, 0.25) is 0 Å². The topological polar surface area (TPSA) is 103 Å². The Labute approximate surface area is 202 Å². The van der Waals surface area contributed by atoms with E-state index in [0.29, 0.717) is 11.3 Å². The van der Waals surface area contributed by atoms with Crippen LogP contribution in [0.25, 0.3) is 0 Å². The first-order valence-corrected chi connectivity index (χ1v) is 13.1. The molecule has 0 aliphatic heterocycles. The monoisotopic (exact) mass is 493 g/mol. The van der Waals surface area contributed by atoms with Crippen molar-refractivity contribution in [2.24, 2.45) is 0 Å². The summed E-state index contributed by atoms with van der Waals surface area (Å²) in [5.41, 5.74) is 1.63. The second kappa shape index (κ2) is 12.2. The van der Waals surface area contributed by atoms with Crippen LogP contribution >= 0.6 is 7.60 Å². The van der Waals surface area contributed by atoms with Gasteiger partial charge >= 0.3 is 7.60 Å². The predicted octanol–water partition coefficient (Wildman–Crippen LogP) is 6.60. The van der Waals surface area contributed by atoms with Crippen LogP contribution in [0, 0.1) is 10.1 Å². The molecule has 2 aromatic rings. The van der Waals surface area contributed by atoms with Gasteiger partial charge in [-0.05, 0) is 71.4 Å². The van der Waals surface area contributed by atoms with Crippen LogP contribution in [0.15, 0.2) is 42.5 Å². The summed E-state index contributed by atoms with van der Waals surface area (Å²) in [5.74, 6) is -0.632. The van der Waals surface area contributed by atoms with Gasteiger partial charge in [0.15, 0.2) is 5.78 Å². The fourth-order valence-corrected chi connectivity index (χ4v) is 5.90. The molecule has 0 radical (unpaired) electrons. The maximum Gasteiger partial charge on any atom is 0.357 e. The fourth-order valence-electron chi connectivity index (χ4n) is 3.59. The van der Waals surface area contributed by atoms with Gasteiger partial charge in [0, 0.05) is 18.8 Å². The number of benzene rings is 2. The van der Waals surface area contributed by atoms with Crippen molar-refractivity contribution in [3.63, 3.8) is 0 Å². The predicted molar refractivity (Wildman–Crippen MR) is 136 cm³/mol. The van der Waals surface area contributed by atoms with Crippen molar-refractivity contribution in [2.75, 3.05) is 30.4 Å². The maximum absolute atomic E-state index is 14.2. The largest absolute Gasteiger partial charge is 0.496 e. The Hall–Kier alpha value is -2.61. The van der Waals surface area contributed by atoms with Gasteiger partial charge in [0.05, 0.1) is 30.3 Å². The van der Waals surface area contributed by atoms with Crippen LogP contribution in [-0.4, -0.2) is 37.3 Å². The molecule has 1 unspecified atom stereocenters. The minimum Gasteiger partial charge on any atom is -0.496 e. The molecule has 0 fully saturated rings. The SMILES string of the molecule is CCN(CC)c1ccc(C(Nc2ccc(OC)cc2[N+](=O)[O-])P(=O)(OC(C)C)OC(C)C)cc1. The number of ether oxygens (including phenoxy) is 1. The van der Waals surface area contributed by atoms with Crippen LogP contribution in [0.1, 0.15) is 52.9 Å². The number of hydrogen-bond acceptors (Lipinski definition) is 8. The molecule has 2 rings (SSSR count). The quantitative estimate of drug-likeness (QED) is 0.189. The van der Waals surface area contributed by atoms with E-state index in [1.54, 1.807) is 33.8 Å². The Balaban J connectivity index is 2.62. The molecule has 0 saturated carbocycles. The highest BCUT2D eigenvalue weighted by atomic mass is 31.2. The lowest BCUT2D eigenvalue weighted by atomic mass is 10.1. The van der Waals surface area contributed by atoms with E-state index in [1.807, 2.05) is 24.3 Å². The van der Waals surface area contributed by atoms with E-state index >= 15 is 0 Å². The minimum absolute atomic E-state index is 0.184. The molecule has 0 aliphatic rings. The van der Waals surface area contributed by atoms with Crippen molar-refractivity contribution in [2.45, 2.75) is 59.5 Å². The fraction of sp³-hybridized carbons (Fsp3) is 0.500. The number of hydrogen-bond donors (Lipinski definition) is 1. The van der Waals surface area contributed by atoms with Crippen molar-refractivity contribution in [1.29, 1.82) is 0 Å². The second-order valence-corrected chi connectivity index (χ2v) is 10.3. The lowest BCUT2D eigenvalue weighted by molar-refractivity contribution is -0.384. The number of nitrogens with zero attached hydrogens (tertiary/aromatic N) is 2. The number of nitrogens with one attached hydrogen (secondary N) is 1. The van der Waals surface area contributed by atoms with E-state index in [1.165, 1.54) is 19.2 Å². The van der Waals surface area contributed by atoms with Gasteiger partial charge in [-0.3, -0.25) is 14.7 Å². The van der Waals surface area contributed by atoms with Crippen molar-refractivity contribution in [1.82, 2.24) is 0 Å². The van der Waals surface area contributed by atoms with E-state index in [0.717, 1.165) is 18.8 Å². The van der Waals surface area contributed by atoms with Gasteiger partial charge in [0.25, 0.3) is 5.69 Å². The molecule has 1 atom stereocenters. The van der Waals surface area contributed by atoms with Crippen molar-refractivity contribution in [3.8, 4) is 5.75 Å². The van der Waals surface area contributed by atoms with E-state index < -0.39 is 30.5 Å². The third-order valence-corrected chi connectivity index (χ3v) is 7.55. The van der Waals surface area contributed by atoms with Crippen LogP contribution in [0.4, 0.5) is 17.1 Å². The summed E-state index contributed by atoms with van der Waals surface area (Å²) in [4.78, 5) is 13.5. The molecule has 9 nitrogen and oxygen atoms in total. The van der Waals surface area contributed by atoms with Gasteiger partial charge < -0.3 is 24.0 Å². The summed E-state index contributed by atoms with van der Waals surface area (Å²) in [5, 5.41) is 14.9. The summed E-state index contributed by atoms with van der Waals surface area (Å²) < 4.78 is 31.0. The molecule has 0 saturated heterocycles. The normalized spacial score (nSPS) is 12.6. The molecule has 0 aromatic heterocycles. The molecule has 188 valence electrons. The van der Waals surface area contributed by atoms with Gasteiger partial charge in [0.1, 0.15) is 11.4 Å². The second-order valence-electron chi connectivity index (χ2n) is 8.30. The van der Waals surface area contributed by atoms with Crippen molar-refractivity contribution < 1.29 is 23.3 Å². The Bertz CT molecular complexity index is 979. The zero-order chi connectivity index (χ0) is 25.5. The molecule has 1 N–H and O–H groups in total. The van der Waals surface area contributed by atoms with Crippen LogP contribution in [0.3, 0.4) is 0 Å². The molecular formula is C24H36N3O6P. The van der Waals surface area contributed by atoms with Gasteiger partial charge in [-0.25, -0.2) is 0 Å². The molecule has 0 bridgehead atoms. The standard InChI is InChI=1S/C24H36N3O6P/c1-8-26(9-2)20-12-10-19(11-13-20)24(34(30,32-17(3)4)33-18(5)6)25-22-15-14-21(31-7)16-23(22)27(28)29/h10-18,24-25H,8-9H2,1-7H3. The summed E-state index contributed by atoms with van der Waals surface area (Å²) in [6, 6.07) is 12.0. The summed E-state index contributed by atoms with van der Waals surface area (Å²) in [6.07, 6.45) is -0.788. The number of nitro groups is 1. The van der Waals surface area contributed by atoms with Crippen LogP contribution in [0.5, 0.6) is 5.75 Å². The van der Waals surface area contributed by atoms with Crippen LogP contribution in [0.2, 0.25) is 0 Å². The van der Waals surface area contributed by atoms with Gasteiger partial charge in [-0.15, -0.1) is 0 Å². The molecule has 34 heavy (non-hydrogen) atoms. The molecule has 0 amide bonds. The average Bonchev–Trinajstić information content (AvgIpc) is 2.77. The smallest absolute Gasteiger partial charge is 0.357 e. The maximum atomic E-state index is 14.2. The Kier molecular flexibility index (Phi) is 9.91. The van der Waals surface area contributed by atoms with Crippen LogP contribution < -0.4 is 15.0 Å². The third kappa shape index (κ3) is 6.95. The molecule has 0 spiro atoms. The van der Waals surface area contributed by atoms with E-state index in [-0.39, 0.29) is 11.4 Å². The lowest BCUT2D eigenvalue weighted by Crippen LogP contribution is -2.22. The van der Waals surface area contributed by atoms with Gasteiger partial charge in [-0.2, -0.15) is 0 Å². The number of anilines is 2. The summed E-state index contributed by atoms with van der Waals surface area (Å²) in [6.45, 7) is 12.9. The highest BCUT2D eigenvalue weighted by Crippen LogP contribution is 2.62. The first-order chi connectivity index (χ1) is 16.0. The van der Waals surface area contributed by atoms with E-state index in [4.69, 9.17) is 13.8 Å². The molecule has 0 aliphatic carbocycles. The first-order valence-electron chi connectivity index (χ1n) is 11.4. The molecular weight excluding hydrogens is 457 g/mol. The Morgan fingerprint density at radius 2 is 1.56 bits per heavy atom. The minimum atomic E-state index is -3.83. The third-order valence-electron chi connectivity index (χ3n) is 5.06. The summed E-state index contributed by atoms with van der Waals surface area (Å²) >= 11 is 0. The summed E-state index contributed by atoms with van der Waals surface area (Å²) in [7, 11) is -2.39.